The van der Waals surface area contributed by atoms with Crippen molar-refractivity contribution in [1.82, 2.24) is 5.32 Å². The molecule has 0 aliphatic rings. The summed E-state index contributed by atoms with van der Waals surface area (Å²) < 4.78 is 5.19. The second-order valence-electron chi connectivity index (χ2n) is 9.30. The number of hydrogen-bond acceptors (Lipinski definition) is 6. The van der Waals surface area contributed by atoms with Crippen LogP contribution in [-0.2, 0) is 9.59 Å². The van der Waals surface area contributed by atoms with E-state index in [9.17, 15) is 24.3 Å². The molecule has 10 heteroatoms. The molecule has 4 rings (SSSR count). The maximum absolute atomic E-state index is 13.3. The van der Waals surface area contributed by atoms with E-state index in [0.717, 1.165) is 10.5 Å². The fraction of sp³-hybridized carbons (Fsp3) is 0.0909. The highest BCUT2D eigenvalue weighted by Crippen LogP contribution is 2.23. The highest BCUT2D eigenvalue weighted by Gasteiger charge is 2.16. The Balaban J connectivity index is 1.40. The molecule has 3 amide bonds. The summed E-state index contributed by atoms with van der Waals surface area (Å²) >= 11 is 1.29. The largest absolute Gasteiger partial charge is 0.497 e. The molecular formula is C33H29N3O6S. The van der Waals surface area contributed by atoms with Gasteiger partial charge >= 0.3 is 5.97 Å². The number of hydrogen-bond donors (Lipinski definition) is 4. The lowest BCUT2D eigenvalue weighted by molar-refractivity contribution is -0.114. The number of amides is 3. The summed E-state index contributed by atoms with van der Waals surface area (Å²) in [6.45, 7) is 1.78. The number of rotatable bonds is 11. The quantitative estimate of drug-likeness (QED) is 0.126. The van der Waals surface area contributed by atoms with E-state index in [2.05, 4.69) is 16.0 Å². The highest BCUT2D eigenvalue weighted by atomic mass is 32.2. The number of benzene rings is 4. The second kappa shape index (κ2) is 14.5. The third kappa shape index (κ3) is 8.82. The lowest BCUT2D eigenvalue weighted by Crippen LogP contribution is -2.30. The average molecular weight is 596 g/mol. The molecule has 0 aliphatic heterocycles. The van der Waals surface area contributed by atoms with Gasteiger partial charge in [0.1, 0.15) is 11.4 Å². The molecule has 0 aromatic heterocycles. The van der Waals surface area contributed by atoms with Crippen molar-refractivity contribution in [2.24, 2.45) is 0 Å². The van der Waals surface area contributed by atoms with Gasteiger partial charge in [-0.15, -0.1) is 11.8 Å². The van der Waals surface area contributed by atoms with Crippen LogP contribution < -0.4 is 20.7 Å². The number of carbonyl (C=O) groups is 4. The third-order valence-electron chi connectivity index (χ3n) is 6.20. The van der Waals surface area contributed by atoms with Gasteiger partial charge in [-0.2, -0.15) is 0 Å². The van der Waals surface area contributed by atoms with Gasteiger partial charge in [0.05, 0.1) is 18.4 Å². The predicted octanol–water partition coefficient (Wildman–Crippen LogP) is 5.84. The van der Waals surface area contributed by atoms with Crippen LogP contribution in [0.25, 0.3) is 6.08 Å². The van der Waals surface area contributed by atoms with Gasteiger partial charge in [-0.3, -0.25) is 14.4 Å². The van der Waals surface area contributed by atoms with Gasteiger partial charge in [-0.25, -0.2) is 4.79 Å². The van der Waals surface area contributed by atoms with Crippen LogP contribution >= 0.6 is 11.8 Å². The molecule has 9 nitrogen and oxygen atoms in total. The molecule has 4 aromatic carbocycles. The maximum atomic E-state index is 13.3. The van der Waals surface area contributed by atoms with E-state index >= 15 is 0 Å². The smallest absolute Gasteiger partial charge is 0.335 e. The number of thioether (sulfide) groups is 1. The Labute approximate surface area is 253 Å². The Bertz CT molecular complexity index is 1650. The van der Waals surface area contributed by atoms with Crippen molar-refractivity contribution in [3.63, 3.8) is 0 Å². The zero-order valence-electron chi connectivity index (χ0n) is 23.4. The van der Waals surface area contributed by atoms with E-state index in [-0.39, 0.29) is 22.9 Å². The fourth-order valence-electron chi connectivity index (χ4n) is 3.87. The molecule has 0 radical (unpaired) electrons. The van der Waals surface area contributed by atoms with Gasteiger partial charge in [0.25, 0.3) is 11.8 Å². The Morgan fingerprint density at radius 1 is 0.837 bits per heavy atom. The van der Waals surface area contributed by atoms with Gasteiger partial charge in [-0.05, 0) is 84.8 Å². The molecular weight excluding hydrogens is 566 g/mol. The molecule has 4 N–H and O–H groups in total. The van der Waals surface area contributed by atoms with E-state index in [1.165, 1.54) is 23.9 Å². The summed E-state index contributed by atoms with van der Waals surface area (Å²) in [5.74, 6) is -1.53. The second-order valence-corrected chi connectivity index (χ2v) is 10.4. The van der Waals surface area contributed by atoms with Crippen LogP contribution in [0.4, 0.5) is 11.4 Å². The van der Waals surface area contributed by atoms with Crippen molar-refractivity contribution in [2.45, 2.75) is 11.8 Å². The Kier molecular flexibility index (Phi) is 10.3. The van der Waals surface area contributed by atoms with Crippen molar-refractivity contribution >= 4 is 52.9 Å². The number of ether oxygens (including phenoxy) is 1. The minimum Gasteiger partial charge on any atom is -0.497 e. The monoisotopic (exact) mass is 595 g/mol. The number of methoxy groups -OCH3 is 1. The van der Waals surface area contributed by atoms with E-state index in [0.29, 0.717) is 28.3 Å². The first kappa shape index (κ1) is 30.6. The zero-order valence-corrected chi connectivity index (χ0v) is 24.2. The van der Waals surface area contributed by atoms with Gasteiger partial charge < -0.3 is 25.8 Å². The van der Waals surface area contributed by atoms with E-state index in [1.54, 1.807) is 105 Å². The molecule has 0 heterocycles. The maximum Gasteiger partial charge on any atom is 0.335 e. The molecule has 0 bridgehead atoms. The molecule has 0 unspecified atom stereocenters. The molecule has 0 aliphatic carbocycles. The fourth-order valence-corrected chi connectivity index (χ4v) is 4.57. The molecule has 0 atom stereocenters. The number of anilines is 2. The summed E-state index contributed by atoms with van der Waals surface area (Å²) in [4.78, 5) is 50.6. The van der Waals surface area contributed by atoms with Crippen molar-refractivity contribution < 1.29 is 29.0 Å². The van der Waals surface area contributed by atoms with Gasteiger partial charge in [-0.1, -0.05) is 36.4 Å². The first-order valence-corrected chi connectivity index (χ1v) is 14.1. The van der Waals surface area contributed by atoms with Crippen molar-refractivity contribution in [2.75, 3.05) is 23.5 Å². The third-order valence-corrected chi connectivity index (χ3v) is 7.21. The SMILES string of the molecule is COc1ccc(/C=C(\NC(=O)c2ccccc2)C(=O)Nc2ccc(SCC(=O)Nc3cc(C(=O)O)ccc3C)cc2)cc1. The summed E-state index contributed by atoms with van der Waals surface area (Å²) in [6.07, 6.45) is 1.58. The Morgan fingerprint density at radius 2 is 1.53 bits per heavy atom. The summed E-state index contributed by atoms with van der Waals surface area (Å²) in [5, 5.41) is 17.5. The van der Waals surface area contributed by atoms with E-state index < -0.39 is 17.8 Å². The highest BCUT2D eigenvalue weighted by molar-refractivity contribution is 8.00. The van der Waals surface area contributed by atoms with Crippen LogP contribution in [0.5, 0.6) is 5.75 Å². The summed E-state index contributed by atoms with van der Waals surface area (Å²) in [7, 11) is 1.56. The van der Waals surface area contributed by atoms with Crippen molar-refractivity contribution in [3.8, 4) is 5.75 Å². The minimum atomic E-state index is -1.07. The lowest BCUT2D eigenvalue weighted by atomic mass is 10.1. The Morgan fingerprint density at radius 3 is 2.19 bits per heavy atom. The normalized spacial score (nSPS) is 10.9. The van der Waals surface area contributed by atoms with Crippen LogP contribution in [0.3, 0.4) is 0 Å². The molecule has 43 heavy (non-hydrogen) atoms. The van der Waals surface area contributed by atoms with Crippen LogP contribution in [0.1, 0.15) is 31.8 Å². The lowest BCUT2D eigenvalue weighted by Gasteiger charge is -2.12. The van der Waals surface area contributed by atoms with E-state index in [4.69, 9.17) is 4.74 Å². The summed E-state index contributed by atoms with van der Waals surface area (Å²) in [6, 6.07) is 27.1. The van der Waals surface area contributed by atoms with E-state index in [1.807, 2.05) is 0 Å². The number of aryl methyl sites for hydroxylation is 1. The molecule has 0 fully saturated rings. The van der Waals surface area contributed by atoms with Crippen LogP contribution in [0.2, 0.25) is 0 Å². The number of carboxylic acid groups (broad SMARTS) is 1. The molecule has 218 valence electrons. The number of carbonyl (C=O) groups excluding carboxylic acids is 3. The minimum absolute atomic E-state index is 0.0522. The van der Waals surface area contributed by atoms with Crippen molar-refractivity contribution in [1.29, 1.82) is 0 Å². The number of aromatic carboxylic acids is 1. The first-order chi connectivity index (χ1) is 20.7. The molecule has 0 saturated heterocycles. The topological polar surface area (TPSA) is 134 Å². The average Bonchev–Trinajstić information content (AvgIpc) is 3.02. The molecule has 0 spiro atoms. The van der Waals surface area contributed by atoms with Crippen LogP contribution in [0, 0.1) is 6.92 Å². The van der Waals surface area contributed by atoms with Crippen molar-refractivity contribution in [3.05, 3.63) is 125 Å². The zero-order chi connectivity index (χ0) is 30.8. The first-order valence-electron chi connectivity index (χ1n) is 13.1. The summed E-state index contributed by atoms with van der Waals surface area (Å²) in [5.41, 5.74) is 2.93. The Hall–Kier alpha value is -5.35. The molecule has 0 saturated carbocycles. The molecule has 4 aromatic rings. The van der Waals surface area contributed by atoms with Gasteiger partial charge in [0.15, 0.2) is 0 Å². The number of carboxylic acids is 1. The predicted molar refractivity (Wildman–Crippen MR) is 167 cm³/mol. The standard InChI is InChI=1S/C33H29N3O6S/c1-21-8-11-24(33(40)41)19-28(21)35-30(37)20-43-27-16-12-25(13-17-27)34-32(39)29(18-22-9-14-26(42-2)15-10-22)36-31(38)23-6-4-3-5-7-23/h3-19H,20H2,1-2H3,(H,34,39)(H,35,37)(H,36,38)(H,40,41)/b29-18-. The van der Waals surface area contributed by atoms with Gasteiger partial charge in [0.2, 0.25) is 5.91 Å². The van der Waals surface area contributed by atoms with Crippen LogP contribution in [-0.4, -0.2) is 41.7 Å². The number of nitrogens with one attached hydrogen (secondary N) is 3. The van der Waals surface area contributed by atoms with Gasteiger partial charge in [0, 0.05) is 21.8 Å². The van der Waals surface area contributed by atoms with Crippen LogP contribution in [0.15, 0.2) is 108 Å².